The van der Waals surface area contributed by atoms with Gasteiger partial charge < -0.3 is 5.32 Å². The predicted octanol–water partition coefficient (Wildman–Crippen LogP) is 2.23. The smallest absolute Gasteiger partial charge is 0.221 e. The zero-order chi connectivity index (χ0) is 11.0. The summed E-state index contributed by atoms with van der Waals surface area (Å²) in [6.45, 7) is 6.11. The maximum Gasteiger partial charge on any atom is 0.221 e. The molecule has 80 valence electrons. The first-order valence-electron chi connectivity index (χ1n) is 5.32. The standard InChI is InChI=1S/C11H20N2O/c1-4-6-10(8-12)13-11(14)7-9(3)5-2/h9-10H,4-7H2,1-3H3,(H,13,14). The third kappa shape index (κ3) is 5.58. The van der Waals surface area contributed by atoms with Crippen LogP contribution in [-0.4, -0.2) is 11.9 Å². The summed E-state index contributed by atoms with van der Waals surface area (Å²) in [6.07, 6.45) is 3.18. The second-order valence-electron chi connectivity index (χ2n) is 3.76. The number of hydrogen-bond donors (Lipinski definition) is 1. The normalized spacial score (nSPS) is 14.1. The van der Waals surface area contributed by atoms with Gasteiger partial charge in [0.2, 0.25) is 5.91 Å². The SMILES string of the molecule is CCCC(C#N)NC(=O)CC(C)CC. The first-order valence-corrected chi connectivity index (χ1v) is 5.32. The average Bonchev–Trinajstić information content (AvgIpc) is 2.16. The summed E-state index contributed by atoms with van der Waals surface area (Å²) in [4.78, 5) is 11.4. The summed E-state index contributed by atoms with van der Waals surface area (Å²) in [7, 11) is 0. The quantitative estimate of drug-likeness (QED) is 0.708. The van der Waals surface area contributed by atoms with Gasteiger partial charge in [0, 0.05) is 6.42 Å². The fourth-order valence-electron chi connectivity index (χ4n) is 1.17. The fraction of sp³-hybridized carbons (Fsp3) is 0.818. The van der Waals surface area contributed by atoms with Gasteiger partial charge in [-0.05, 0) is 12.3 Å². The van der Waals surface area contributed by atoms with Gasteiger partial charge >= 0.3 is 0 Å². The van der Waals surface area contributed by atoms with Crippen molar-refractivity contribution in [1.82, 2.24) is 5.32 Å². The number of carbonyl (C=O) groups is 1. The zero-order valence-electron chi connectivity index (χ0n) is 9.34. The topological polar surface area (TPSA) is 52.9 Å². The minimum Gasteiger partial charge on any atom is -0.340 e. The number of nitriles is 1. The Morgan fingerprint density at radius 3 is 2.57 bits per heavy atom. The Morgan fingerprint density at radius 1 is 1.50 bits per heavy atom. The molecule has 2 atom stereocenters. The van der Waals surface area contributed by atoms with Crippen molar-refractivity contribution in [3.05, 3.63) is 0 Å². The van der Waals surface area contributed by atoms with Gasteiger partial charge in [0.25, 0.3) is 0 Å². The lowest BCUT2D eigenvalue weighted by molar-refractivity contribution is -0.122. The largest absolute Gasteiger partial charge is 0.340 e. The Morgan fingerprint density at radius 2 is 2.14 bits per heavy atom. The molecular formula is C11H20N2O. The molecule has 0 heterocycles. The Balaban J connectivity index is 3.86. The Labute approximate surface area is 86.5 Å². The molecule has 0 bridgehead atoms. The lowest BCUT2D eigenvalue weighted by Crippen LogP contribution is -2.34. The summed E-state index contributed by atoms with van der Waals surface area (Å²) in [5, 5.41) is 11.5. The van der Waals surface area contributed by atoms with E-state index in [0.717, 1.165) is 19.3 Å². The molecular weight excluding hydrogens is 176 g/mol. The van der Waals surface area contributed by atoms with Gasteiger partial charge in [-0.1, -0.05) is 33.6 Å². The van der Waals surface area contributed by atoms with Crippen molar-refractivity contribution in [3.8, 4) is 6.07 Å². The Bertz CT molecular complexity index is 208. The molecule has 0 spiro atoms. The van der Waals surface area contributed by atoms with E-state index in [4.69, 9.17) is 5.26 Å². The van der Waals surface area contributed by atoms with Crippen LogP contribution in [-0.2, 0) is 4.79 Å². The van der Waals surface area contributed by atoms with Gasteiger partial charge in [-0.15, -0.1) is 0 Å². The molecule has 0 fully saturated rings. The molecule has 3 heteroatoms. The maximum atomic E-state index is 11.4. The first-order chi connectivity index (χ1) is 6.63. The Hall–Kier alpha value is -1.04. The van der Waals surface area contributed by atoms with Gasteiger partial charge in [0.15, 0.2) is 0 Å². The van der Waals surface area contributed by atoms with Gasteiger partial charge in [-0.25, -0.2) is 0 Å². The third-order valence-corrected chi connectivity index (χ3v) is 2.30. The van der Waals surface area contributed by atoms with E-state index in [1.165, 1.54) is 0 Å². The van der Waals surface area contributed by atoms with Crippen LogP contribution in [0.2, 0.25) is 0 Å². The van der Waals surface area contributed by atoms with E-state index in [9.17, 15) is 4.79 Å². The maximum absolute atomic E-state index is 11.4. The summed E-state index contributed by atoms with van der Waals surface area (Å²) < 4.78 is 0. The average molecular weight is 196 g/mol. The molecule has 0 aromatic carbocycles. The molecule has 1 amide bonds. The monoisotopic (exact) mass is 196 g/mol. The minimum atomic E-state index is -0.309. The van der Waals surface area contributed by atoms with E-state index in [-0.39, 0.29) is 11.9 Å². The van der Waals surface area contributed by atoms with Crippen molar-refractivity contribution in [2.24, 2.45) is 5.92 Å². The number of carbonyl (C=O) groups excluding carboxylic acids is 1. The van der Waals surface area contributed by atoms with Crippen molar-refractivity contribution in [2.45, 2.75) is 52.5 Å². The van der Waals surface area contributed by atoms with Crippen molar-refractivity contribution in [3.63, 3.8) is 0 Å². The van der Waals surface area contributed by atoms with E-state index in [2.05, 4.69) is 18.3 Å². The molecule has 0 aromatic rings. The minimum absolute atomic E-state index is 0.000602. The van der Waals surface area contributed by atoms with Crippen LogP contribution in [0.3, 0.4) is 0 Å². The van der Waals surface area contributed by atoms with E-state index < -0.39 is 0 Å². The molecule has 0 radical (unpaired) electrons. The van der Waals surface area contributed by atoms with Crippen LogP contribution in [0.25, 0.3) is 0 Å². The van der Waals surface area contributed by atoms with Crippen LogP contribution in [0, 0.1) is 17.2 Å². The number of amides is 1. The molecule has 0 rings (SSSR count). The van der Waals surface area contributed by atoms with E-state index in [1.54, 1.807) is 0 Å². The van der Waals surface area contributed by atoms with Gasteiger partial charge in [0.05, 0.1) is 6.07 Å². The molecule has 0 aromatic heterocycles. The zero-order valence-corrected chi connectivity index (χ0v) is 9.34. The van der Waals surface area contributed by atoms with E-state index in [0.29, 0.717) is 12.3 Å². The van der Waals surface area contributed by atoms with Gasteiger partial charge in [0.1, 0.15) is 6.04 Å². The highest BCUT2D eigenvalue weighted by Gasteiger charge is 2.12. The highest BCUT2D eigenvalue weighted by molar-refractivity contribution is 5.76. The molecule has 14 heavy (non-hydrogen) atoms. The number of nitrogens with zero attached hydrogens (tertiary/aromatic N) is 1. The fourth-order valence-corrected chi connectivity index (χ4v) is 1.17. The number of hydrogen-bond acceptors (Lipinski definition) is 2. The van der Waals surface area contributed by atoms with E-state index in [1.807, 2.05) is 13.8 Å². The Kier molecular flexibility index (Phi) is 6.82. The highest BCUT2D eigenvalue weighted by Crippen LogP contribution is 2.06. The lowest BCUT2D eigenvalue weighted by atomic mass is 10.0. The van der Waals surface area contributed by atoms with Gasteiger partial charge in [-0.3, -0.25) is 4.79 Å². The van der Waals surface area contributed by atoms with Crippen molar-refractivity contribution >= 4 is 5.91 Å². The van der Waals surface area contributed by atoms with Crippen LogP contribution in [0.4, 0.5) is 0 Å². The molecule has 0 aliphatic carbocycles. The number of nitrogens with one attached hydrogen (secondary N) is 1. The van der Waals surface area contributed by atoms with Crippen molar-refractivity contribution in [1.29, 1.82) is 5.26 Å². The van der Waals surface area contributed by atoms with Crippen LogP contribution in [0.1, 0.15) is 46.5 Å². The molecule has 2 unspecified atom stereocenters. The lowest BCUT2D eigenvalue weighted by Gasteiger charge is -2.12. The second kappa shape index (κ2) is 7.37. The third-order valence-electron chi connectivity index (χ3n) is 2.30. The van der Waals surface area contributed by atoms with Crippen LogP contribution >= 0.6 is 0 Å². The van der Waals surface area contributed by atoms with Crippen LogP contribution in [0.15, 0.2) is 0 Å². The van der Waals surface area contributed by atoms with Gasteiger partial charge in [-0.2, -0.15) is 5.26 Å². The summed E-state index contributed by atoms with van der Waals surface area (Å²) in [5.74, 6) is 0.398. The van der Waals surface area contributed by atoms with Crippen LogP contribution < -0.4 is 5.32 Å². The molecule has 1 N–H and O–H groups in total. The van der Waals surface area contributed by atoms with Crippen molar-refractivity contribution in [2.75, 3.05) is 0 Å². The summed E-state index contributed by atoms with van der Waals surface area (Å²) >= 11 is 0. The molecule has 0 saturated carbocycles. The molecule has 0 aliphatic rings. The molecule has 0 saturated heterocycles. The highest BCUT2D eigenvalue weighted by atomic mass is 16.1. The molecule has 3 nitrogen and oxygen atoms in total. The summed E-state index contributed by atoms with van der Waals surface area (Å²) in [6, 6.07) is 1.78. The van der Waals surface area contributed by atoms with Crippen LogP contribution in [0.5, 0.6) is 0 Å². The summed E-state index contributed by atoms with van der Waals surface area (Å²) in [5.41, 5.74) is 0. The number of rotatable bonds is 6. The first kappa shape index (κ1) is 13.0. The predicted molar refractivity (Wildman–Crippen MR) is 56.5 cm³/mol. The second-order valence-corrected chi connectivity index (χ2v) is 3.76. The van der Waals surface area contributed by atoms with Crippen molar-refractivity contribution < 1.29 is 4.79 Å². The molecule has 0 aliphatic heterocycles. The van der Waals surface area contributed by atoms with E-state index >= 15 is 0 Å².